The van der Waals surface area contributed by atoms with Crippen LogP contribution in [0.3, 0.4) is 0 Å². The van der Waals surface area contributed by atoms with Gasteiger partial charge < -0.3 is 10.4 Å². The maximum atomic E-state index is 12.5. The first kappa shape index (κ1) is 20.7. The number of benzene rings is 3. The van der Waals surface area contributed by atoms with Crippen molar-refractivity contribution in [3.63, 3.8) is 0 Å². The lowest BCUT2D eigenvalue weighted by molar-refractivity contribution is -0.393. The Hall–Kier alpha value is -4.23. The molecule has 1 saturated heterocycles. The van der Waals surface area contributed by atoms with Crippen LogP contribution in [0.5, 0.6) is 5.75 Å². The Bertz CT molecular complexity index is 1260. The lowest BCUT2D eigenvalue weighted by atomic mass is 10.0. The highest BCUT2D eigenvalue weighted by Gasteiger charge is 2.54. The van der Waals surface area contributed by atoms with Gasteiger partial charge in [-0.1, -0.05) is 60.7 Å². The van der Waals surface area contributed by atoms with Gasteiger partial charge in [-0.2, -0.15) is 0 Å². The molecule has 4 aromatic rings. The monoisotopic (exact) mass is 439 g/mol. The van der Waals surface area contributed by atoms with Gasteiger partial charge in [0.15, 0.2) is 5.82 Å². The molecule has 1 fully saturated rings. The Labute approximate surface area is 190 Å². The minimum absolute atomic E-state index is 0.179. The Balaban J connectivity index is 1.51. The van der Waals surface area contributed by atoms with Gasteiger partial charge in [0.05, 0.1) is 17.6 Å². The van der Waals surface area contributed by atoms with E-state index in [-0.39, 0.29) is 12.2 Å². The molecule has 1 aliphatic heterocycles. The summed E-state index contributed by atoms with van der Waals surface area (Å²) in [5.41, 5.74) is 2.72. The zero-order chi connectivity index (χ0) is 22.7. The molecule has 5 rings (SSSR count). The normalized spacial score (nSPS) is 17.2. The van der Waals surface area contributed by atoms with Gasteiger partial charge in [0.2, 0.25) is 0 Å². The van der Waals surface area contributed by atoms with Gasteiger partial charge in [-0.05, 0) is 35.4 Å². The summed E-state index contributed by atoms with van der Waals surface area (Å²) in [6, 6.07) is 26.2. The summed E-state index contributed by atoms with van der Waals surface area (Å²) in [6.07, 6.45) is 2.40. The average Bonchev–Trinajstić information content (AvgIpc) is 2.85. The van der Waals surface area contributed by atoms with Crippen molar-refractivity contribution in [1.29, 1.82) is 0 Å². The highest BCUT2D eigenvalue weighted by Crippen LogP contribution is 2.32. The predicted molar refractivity (Wildman–Crippen MR) is 122 cm³/mol. The van der Waals surface area contributed by atoms with E-state index < -0.39 is 11.7 Å². The molecular formula is C26H21N3O4. The quantitative estimate of drug-likeness (QED) is 0.415. The van der Waals surface area contributed by atoms with E-state index in [1.807, 2.05) is 60.7 Å². The first-order valence-corrected chi connectivity index (χ1v) is 10.5. The smallest absolute Gasteiger partial charge is 0.399 e. The molecule has 33 heavy (non-hydrogen) atoms. The molecule has 2 N–H and O–H groups in total. The topological polar surface area (TPSA) is 93.6 Å². The number of carbonyl (C=O) groups excluding carboxylic acids is 1. The van der Waals surface area contributed by atoms with E-state index in [9.17, 15) is 9.90 Å². The Morgan fingerprint density at radius 1 is 0.879 bits per heavy atom. The van der Waals surface area contributed by atoms with Crippen molar-refractivity contribution in [3.05, 3.63) is 108 Å². The second-order valence-corrected chi connectivity index (χ2v) is 7.83. The van der Waals surface area contributed by atoms with Gasteiger partial charge in [0, 0.05) is 18.4 Å². The summed E-state index contributed by atoms with van der Waals surface area (Å²) < 4.78 is 0. The molecule has 0 bridgehead atoms. The molecule has 7 nitrogen and oxygen atoms in total. The molecule has 2 heterocycles. The van der Waals surface area contributed by atoms with Gasteiger partial charge in [-0.15, -0.1) is 4.89 Å². The molecule has 164 valence electrons. The maximum Gasteiger partial charge on any atom is 0.399 e. The van der Waals surface area contributed by atoms with E-state index in [2.05, 4.69) is 15.2 Å². The van der Waals surface area contributed by atoms with Crippen LogP contribution in [0.1, 0.15) is 16.8 Å². The van der Waals surface area contributed by atoms with Gasteiger partial charge in [-0.25, -0.2) is 14.8 Å². The molecule has 0 aliphatic carbocycles. The average molecular weight is 439 g/mol. The van der Waals surface area contributed by atoms with Gasteiger partial charge >= 0.3 is 5.97 Å². The number of aromatic nitrogens is 2. The number of carbonyl (C=O) groups is 1. The van der Waals surface area contributed by atoms with Crippen molar-refractivity contribution in [1.82, 2.24) is 9.97 Å². The van der Waals surface area contributed by atoms with Crippen LogP contribution in [0.25, 0.3) is 11.3 Å². The molecule has 1 aliphatic rings. The SMILES string of the molecule is O=C1OOC1(Cc1ccccc1)Nc1ncc(-c2ccc(O)cc2)nc1Cc1ccccc1. The van der Waals surface area contributed by atoms with E-state index in [1.54, 1.807) is 30.5 Å². The molecule has 0 radical (unpaired) electrons. The molecule has 1 unspecified atom stereocenters. The van der Waals surface area contributed by atoms with Gasteiger partial charge in [0.25, 0.3) is 5.72 Å². The fourth-order valence-corrected chi connectivity index (χ4v) is 3.68. The lowest BCUT2D eigenvalue weighted by Crippen LogP contribution is -2.60. The molecule has 1 atom stereocenters. The van der Waals surface area contributed by atoms with Crippen LogP contribution in [0.2, 0.25) is 0 Å². The highest BCUT2D eigenvalue weighted by atomic mass is 17.3. The number of hydrogen-bond acceptors (Lipinski definition) is 7. The van der Waals surface area contributed by atoms with E-state index in [4.69, 9.17) is 9.87 Å². The van der Waals surface area contributed by atoms with Crippen LogP contribution in [0.4, 0.5) is 5.82 Å². The Kier molecular flexibility index (Phi) is 5.46. The van der Waals surface area contributed by atoms with Crippen molar-refractivity contribution < 1.29 is 19.7 Å². The van der Waals surface area contributed by atoms with Crippen molar-refractivity contribution in [3.8, 4) is 17.0 Å². The number of rotatable bonds is 7. The van der Waals surface area contributed by atoms with Crippen LogP contribution in [0.15, 0.2) is 91.1 Å². The number of phenolic OH excluding ortho intramolecular Hbond substituents is 1. The van der Waals surface area contributed by atoms with E-state index >= 15 is 0 Å². The minimum Gasteiger partial charge on any atom is -0.508 e. The third kappa shape index (κ3) is 4.40. The Morgan fingerprint density at radius 3 is 2.15 bits per heavy atom. The van der Waals surface area contributed by atoms with Crippen molar-refractivity contribution in [2.24, 2.45) is 0 Å². The van der Waals surface area contributed by atoms with Crippen LogP contribution in [-0.2, 0) is 27.4 Å². The van der Waals surface area contributed by atoms with Crippen molar-refractivity contribution >= 4 is 11.8 Å². The summed E-state index contributed by atoms with van der Waals surface area (Å²) in [6.45, 7) is 0. The zero-order valence-electron chi connectivity index (χ0n) is 17.6. The molecule has 0 spiro atoms. The number of anilines is 1. The maximum absolute atomic E-state index is 12.5. The minimum atomic E-state index is -1.37. The number of hydrogen-bond donors (Lipinski definition) is 2. The third-order valence-electron chi connectivity index (χ3n) is 5.43. The highest BCUT2D eigenvalue weighted by molar-refractivity contribution is 5.85. The second-order valence-electron chi connectivity index (χ2n) is 7.83. The van der Waals surface area contributed by atoms with Gasteiger partial charge in [0.1, 0.15) is 5.75 Å². The van der Waals surface area contributed by atoms with Crippen LogP contribution in [0, 0.1) is 0 Å². The standard InChI is InChI=1S/C26H21N3O4/c30-21-13-11-20(12-14-21)23-17-27-24(22(28-23)15-18-7-3-1-4-8-18)29-26(25(31)32-33-26)16-19-9-5-2-6-10-19/h1-14,17,30H,15-16H2,(H,27,29). The zero-order valence-corrected chi connectivity index (χ0v) is 17.6. The summed E-state index contributed by atoms with van der Waals surface area (Å²) in [5.74, 6) is 0.105. The van der Waals surface area contributed by atoms with E-state index in [0.29, 0.717) is 23.6 Å². The number of nitrogens with zero attached hydrogens (tertiary/aromatic N) is 2. The molecule has 0 amide bonds. The third-order valence-corrected chi connectivity index (χ3v) is 5.43. The van der Waals surface area contributed by atoms with E-state index in [0.717, 1.165) is 16.7 Å². The second kappa shape index (κ2) is 8.72. The predicted octanol–water partition coefficient (Wildman–Crippen LogP) is 4.28. The molecule has 1 aromatic heterocycles. The summed E-state index contributed by atoms with van der Waals surface area (Å²) in [4.78, 5) is 31.9. The van der Waals surface area contributed by atoms with Crippen LogP contribution in [-0.4, -0.2) is 26.8 Å². The number of aromatic hydroxyl groups is 1. The molecule has 3 aromatic carbocycles. The summed E-state index contributed by atoms with van der Waals surface area (Å²) in [5, 5.41) is 12.8. The van der Waals surface area contributed by atoms with Crippen LogP contribution < -0.4 is 5.32 Å². The lowest BCUT2D eigenvalue weighted by Gasteiger charge is -2.37. The van der Waals surface area contributed by atoms with Crippen LogP contribution >= 0.6 is 0 Å². The molecule has 0 saturated carbocycles. The summed E-state index contributed by atoms with van der Waals surface area (Å²) in [7, 11) is 0. The fraction of sp³-hybridized carbons (Fsp3) is 0.115. The van der Waals surface area contributed by atoms with Crippen molar-refractivity contribution in [2.75, 3.05) is 5.32 Å². The Morgan fingerprint density at radius 2 is 1.55 bits per heavy atom. The molecule has 7 heteroatoms. The van der Waals surface area contributed by atoms with Crippen molar-refractivity contribution in [2.45, 2.75) is 18.6 Å². The first-order chi connectivity index (χ1) is 16.1. The largest absolute Gasteiger partial charge is 0.508 e. The first-order valence-electron chi connectivity index (χ1n) is 10.5. The van der Waals surface area contributed by atoms with Gasteiger partial charge in [-0.3, -0.25) is 4.89 Å². The number of phenols is 1. The van der Waals surface area contributed by atoms with E-state index in [1.165, 1.54) is 0 Å². The summed E-state index contributed by atoms with van der Waals surface area (Å²) >= 11 is 0. The fourth-order valence-electron chi connectivity index (χ4n) is 3.68. The molecular weight excluding hydrogens is 418 g/mol. The number of nitrogens with one attached hydrogen (secondary N) is 1.